The molecule has 0 rings (SSSR count). The number of hydrogen-bond donors (Lipinski definition) is 2. The third-order valence-corrected chi connectivity index (χ3v) is 0.894. The zero-order valence-corrected chi connectivity index (χ0v) is 5.15. The second-order valence-electron chi connectivity index (χ2n) is 0.763. The fraction of sp³-hybridized carbons (Fsp3) is 0. The van der Waals surface area contributed by atoms with Crippen molar-refractivity contribution in [1.82, 2.24) is 0 Å². The van der Waals surface area contributed by atoms with E-state index in [1.807, 2.05) is 0 Å². The van der Waals surface area contributed by atoms with E-state index in [0.717, 1.165) is 6.26 Å². The molecule has 0 amide bonds. The van der Waals surface area contributed by atoms with E-state index in [4.69, 9.17) is 9.79 Å². The molecule has 0 saturated carbocycles. The van der Waals surface area contributed by atoms with E-state index in [1.54, 1.807) is 0 Å². The third kappa shape index (κ3) is 6.11. The predicted molar refractivity (Wildman–Crippen MR) is 30.0 cm³/mol. The lowest BCUT2D eigenvalue weighted by Gasteiger charge is -2.01. The van der Waals surface area contributed by atoms with Gasteiger partial charge in [0, 0.05) is 11.8 Å². The summed E-state index contributed by atoms with van der Waals surface area (Å²) < 4.78 is 4.03. The number of rotatable bonds is 2. The molecule has 0 unspecified atom stereocenters. The molecule has 2 N–H and O–H groups in total. The molecule has 0 aromatic rings. The molecule has 5 heteroatoms. The molecule has 7 heavy (non-hydrogen) atoms. The highest BCUT2D eigenvalue weighted by molar-refractivity contribution is 8.06. The highest BCUT2D eigenvalue weighted by Crippen LogP contribution is 2.35. The molecular weight excluding hydrogens is 135 g/mol. The first-order chi connectivity index (χ1) is 3.06. The van der Waals surface area contributed by atoms with Crippen molar-refractivity contribution in [3.63, 3.8) is 0 Å². The van der Waals surface area contributed by atoms with E-state index in [9.17, 15) is 0 Å². The number of hydrogen-bond acceptors (Lipinski definition) is 2. The Morgan fingerprint density at radius 1 is 1.71 bits per heavy atom. The van der Waals surface area contributed by atoms with Crippen LogP contribution in [0.1, 0.15) is 0 Å². The Hall–Kier alpha value is 0.110. The molecule has 0 aliphatic carbocycles. The maximum absolute atomic E-state index is 8.21. The quantitative estimate of drug-likeness (QED) is 0.429. The fourth-order valence-electron chi connectivity index (χ4n) is 0.0971. The van der Waals surface area contributed by atoms with Crippen molar-refractivity contribution in [3.05, 3.63) is 12.8 Å². The van der Waals surface area contributed by atoms with Gasteiger partial charge in [-0.05, 0) is 0 Å². The van der Waals surface area contributed by atoms with Crippen LogP contribution < -0.4 is 0 Å². The van der Waals surface area contributed by atoms with Crippen LogP contribution in [0.15, 0.2) is 12.8 Å². The smallest absolute Gasteiger partial charge is 0.374 e. The summed E-state index contributed by atoms with van der Waals surface area (Å²) in [7, 11) is 0. The van der Waals surface area contributed by atoms with Crippen molar-refractivity contribution in [3.8, 4) is 0 Å². The van der Waals surface area contributed by atoms with Gasteiger partial charge < -0.3 is 14.3 Å². The topological polar surface area (TPSA) is 49.7 Å². The summed E-state index contributed by atoms with van der Waals surface area (Å²) in [6, 6.07) is 0. The first kappa shape index (κ1) is 7.11. The molecule has 0 saturated heterocycles. The maximum atomic E-state index is 8.21. The molecule has 42 valence electrons. The molecule has 0 radical (unpaired) electrons. The Kier molecular flexibility index (Phi) is 2.46. The normalized spacial score (nSPS) is 10.6. The SMILES string of the molecule is C=COP(O)(O)=S. The standard InChI is InChI=1S/C2H5O3PS/c1-2-5-6(3,4)7/h2H,1H2,(H2,3,4,7). The van der Waals surface area contributed by atoms with Crippen LogP contribution in [-0.4, -0.2) is 9.79 Å². The van der Waals surface area contributed by atoms with Crippen LogP contribution >= 0.6 is 6.72 Å². The van der Waals surface area contributed by atoms with Gasteiger partial charge in [-0.25, -0.2) is 0 Å². The van der Waals surface area contributed by atoms with Gasteiger partial charge in [0.1, 0.15) is 0 Å². The van der Waals surface area contributed by atoms with E-state index in [2.05, 4.69) is 22.9 Å². The summed E-state index contributed by atoms with van der Waals surface area (Å²) in [5.41, 5.74) is 0. The predicted octanol–water partition coefficient (Wildman–Crippen LogP) is 0.356. The average molecular weight is 140 g/mol. The van der Waals surface area contributed by atoms with Crippen LogP contribution in [-0.2, 0) is 16.3 Å². The molecule has 0 aromatic heterocycles. The summed E-state index contributed by atoms with van der Waals surface area (Å²) in [6.07, 6.45) is 0.904. The van der Waals surface area contributed by atoms with Crippen molar-refractivity contribution in [2.75, 3.05) is 0 Å². The molecule has 0 aliphatic heterocycles. The van der Waals surface area contributed by atoms with Gasteiger partial charge in [-0.15, -0.1) is 0 Å². The molecule has 0 fully saturated rings. The average Bonchev–Trinajstić information content (AvgIpc) is 1.30. The van der Waals surface area contributed by atoms with Crippen molar-refractivity contribution in [1.29, 1.82) is 0 Å². The fourth-order valence-corrected chi connectivity index (χ4v) is 0.474. The van der Waals surface area contributed by atoms with Crippen molar-refractivity contribution >= 4 is 18.5 Å². The lowest BCUT2D eigenvalue weighted by molar-refractivity contribution is 0.339. The molecule has 0 atom stereocenters. The highest BCUT2D eigenvalue weighted by Gasteiger charge is 2.02. The monoisotopic (exact) mass is 140 g/mol. The molecule has 0 spiro atoms. The van der Waals surface area contributed by atoms with Gasteiger partial charge in [0.25, 0.3) is 0 Å². The van der Waals surface area contributed by atoms with Gasteiger partial charge in [0.15, 0.2) is 0 Å². The van der Waals surface area contributed by atoms with Gasteiger partial charge in [-0.2, -0.15) is 0 Å². The zero-order valence-electron chi connectivity index (χ0n) is 3.44. The largest absolute Gasteiger partial charge is 0.433 e. The Bertz CT molecular complexity index is 106. The van der Waals surface area contributed by atoms with Crippen LogP contribution in [0.25, 0.3) is 0 Å². The van der Waals surface area contributed by atoms with E-state index >= 15 is 0 Å². The summed E-state index contributed by atoms with van der Waals surface area (Å²) in [5, 5.41) is 0. The van der Waals surface area contributed by atoms with Gasteiger partial charge in [-0.1, -0.05) is 6.58 Å². The molecule has 0 aliphatic rings. The van der Waals surface area contributed by atoms with Gasteiger partial charge in [0.2, 0.25) is 0 Å². The van der Waals surface area contributed by atoms with Gasteiger partial charge >= 0.3 is 6.72 Å². The van der Waals surface area contributed by atoms with Crippen LogP contribution in [0.3, 0.4) is 0 Å². The Morgan fingerprint density at radius 3 is 2.14 bits per heavy atom. The first-order valence-corrected chi connectivity index (χ1v) is 4.03. The molecular formula is C2H5O3PS. The van der Waals surface area contributed by atoms with E-state index in [0.29, 0.717) is 0 Å². The molecule has 3 nitrogen and oxygen atoms in total. The van der Waals surface area contributed by atoms with Crippen molar-refractivity contribution in [2.24, 2.45) is 0 Å². The van der Waals surface area contributed by atoms with E-state index in [1.165, 1.54) is 0 Å². The zero-order chi connectivity index (χ0) is 5.91. The highest BCUT2D eigenvalue weighted by atomic mass is 32.5. The second kappa shape index (κ2) is 2.43. The Balaban J connectivity index is 3.57. The molecule has 0 heterocycles. The van der Waals surface area contributed by atoms with E-state index < -0.39 is 6.72 Å². The second-order valence-corrected chi connectivity index (χ2v) is 3.38. The minimum atomic E-state index is -3.45. The summed E-state index contributed by atoms with van der Waals surface area (Å²) in [4.78, 5) is 16.4. The van der Waals surface area contributed by atoms with Gasteiger partial charge in [0.05, 0.1) is 6.26 Å². The minimum absolute atomic E-state index is 0.904. The third-order valence-electron chi connectivity index (χ3n) is 0.212. The summed E-state index contributed by atoms with van der Waals surface area (Å²) in [6.45, 7) is -0.385. The van der Waals surface area contributed by atoms with Gasteiger partial charge in [-0.3, -0.25) is 0 Å². The lowest BCUT2D eigenvalue weighted by atomic mass is 11.2. The van der Waals surface area contributed by atoms with Crippen LogP contribution in [0, 0.1) is 0 Å². The maximum Gasteiger partial charge on any atom is 0.374 e. The van der Waals surface area contributed by atoms with Crippen molar-refractivity contribution in [2.45, 2.75) is 0 Å². The molecule has 0 bridgehead atoms. The van der Waals surface area contributed by atoms with Crippen molar-refractivity contribution < 1.29 is 14.3 Å². The van der Waals surface area contributed by atoms with Crippen LogP contribution in [0.2, 0.25) is 0 Å². The summed E-state index contributed by atoms with van der Waals surface area (Å²) in [5.74, 6) is 0. The summed E-state index contributed by atoms with van der Waals surface area (Å²) >= 11 is 4.01. The molecule has 0 aromatic carbocycles. The Labute approximate surface area is 46.5 Å². The lowest BCUT2D eigenvalue weighted by Crippen LogP contribution is -1.74. The van der Waals surface area contributed by atoms with Crippen LogP contribution in [0.5, 0.6) is 0 Å². The van der Waals surface area contributed by atoms with E-state index in [-0.39, 0.29) is 0 Å². The van der Waals surface area contributed by atoms with Crippen LogP contribution in [0.4, 0.5) is 0 Å². The first-order valence-electron chi connectivity index (χ1n) is 1.41. The minimum Gasteiger partial charge on any atom is -0.433 e. The Morgan fingerprint density at radius 2 is 2.14 bits per heavy atom.